The third-order valence-electron chi connectivity index (χ3n) is 5.22. The lowest BCUT2D eigenvalue weighted by molar-refractivity contribution is 0.415. The summed E-state index contributed by atoms with van der Waals surface area (Å²) in [4.78, 5) is 9.39. The number of hydrogen-bond acceptors (Lipinski definition) is 3. The molecular formula is C21H21N5O. The smallest absolute Gasteiger partial charge is 0.162 e. The summed E-state index contributed by atoms with van der Waals surface area (Å²) in [7, 11) is 3.70. The molecule has 0 saturated carbocycles. The van der Waals surface area contributed by atoms with Gasteiger partial charge in [-0.2, -0.15) is 0 Å². The molecule has 5 rings (SSSR count). The van der Waals surface area contributed by atoms with Gasteiger partial charge in [0.15, 0.2) is 5.65 Å². The monoisotopic (exact) mass is 359 g/mol. The first kappa shape index (κ1) is 15.9. The Morgan fingerprint density at radius 2 is 2.00 bits per heavy atom. The van der Waals surface area contributed by atoms with Crippen LogP contribution in [0.15, 0.2) is 42.9 Å². The Kier molecular flexibility index (Phi) is 3.31. The van der Waals surface area contributed by atoms with E-state index in [1.165, 1.54) is 5.52 Å². The number of aryl methyl sites for hydroxylation is 1. The summed E-state index contributed by atoms with van der Waals surface area (Å²) in [5, 5.41) is 6.48. The number of benzene rings is 1. The molecule has 0 saturated heterocycles. The normalized spacial score (nSPS) is 12.0. The van der Waals surface area contributed by atoms with Crippen molar-refractivity contribution in [1.29, 1.82) is 0 Å². The van der Waals surface area contributed by atoms with Crippen molar-refractivity contribution in [2.24, 2.45) is 7.05 Å². The summed E-state index contributed by atoms with van der Waals surface area (Å²) < 4.78 is 9.74. The molecule has 0 bridgehead atoms. The number of pyridine rings is 1. The molecule has 27 heavy (non-hydrogen) atoms. The summed E-state index contributed by atoms with van der Waals surface area (Å²) in [6.07, 6.45) is 6.01. The van der Waals surface area contributed by atoms with Gasteiger partial charge in [0, 0.05) is 58.9 Å². The summed E-state index contributed by atoms with van der Waals surface area (Å²) in [6, 6.07) is 8.69. The van der Waals surface area contributed by atoms with Crippen molar-refractivity contribution in [3.05, 3.63) is 42.9 Å². The van der Waals surface area contributed by atoms with Gasteiger partial charge in [-0.25, -0.2) is 9.97 Å². The predicted octanol–water partition coefficient (Wildman–Crippen LogP) is 4.66. The van der Waals surface area contributed by atoms with Crippen LogP contribution in [0.1, 0.15) is 19.9 Å². The molecule has 1 N–H and O–H groups in total. The first-order valence-electron chi connectivity index (χ1n) is 9.05. The fourth-order valence-corrected chi connectivity index (χ4v) is 3.87. The van der Waals surface area contributed by atoms with Gasteiger partial charge in [0.1, 0.15) is 5.75 Å². The Labute approximate surface area is 156 Å². The molecule has 5 aromatic rings. The van der Waals surface area contributed by atoms with E-state index in [4.69, 9.17) is 9.72 Å². The van der Waals surface area contributed by atoms with E-state index in [0.717, 1.165) is 44.3 Å². The SMILES string of the molecule is COc1ccc2c(c1)c(-c1cc3c(ncc4c[nH]n(C)c43)n1)cn2C(C)C. The quantitative estimate of drug-likeness (QED) is 0.510. The van der Waals surface area contributed by atoms with Crippen molar-refractivity contribution < 1.29 is 4.74 Å². The summed E-state index contributed by atoms with van der Waals surface area (Å²) >= 11 is 0. The Hall–Kier alpha value is -3.28. The summed E-state index contributed by atoms with van der Waals surface area (Å²) in [5.41, 5.74) is 5.09. The van der Waals surface area contributed by atoms with E-state index < -0.39 is 0 Å². The Bertz CT molecular complexity index is 1300. The van der Waals surface area contributed by atoms with Crippen molar-refractivity contribution >= 4 is 32.8 Å². The standard InChI is InChI=1S/C21H21N5O/c1-12(2)26-11-17(15-7-14(27-4)5-6-19(15)26)18-8-16-20-13(10-23-25(20)3)9-22-21(16)24-18/h5-12,23H,1-4H3. The average Bonchev–Trinajstić information content (AvgIpc) is 3.35. The molecule has 0 amide bonds. The second-order valence-electron chi connectivity index (χ2n) is 7.20. The number of H-pyrrole nitrogens is 1. The molecule has 0 aliphatic carbocycles. The van der Waals surface area contributed by atoms with Gasteiger partial charge in [-0.1, -0.05) is 0 Å². The van der Waals surface area contributed by atoms with Crippen molar-refractivity contribution in [2.75, 3.05) is 7.11 Å². The molecule has 0 radical (unpaired) electrons. The third kappa shape index (κ3) is 2.26. The largest absolute Gasteiger partial charge is 0.497 e. The molecule has 0 aliphatic heterocycles. The Morgan fingerprint density at radius 3 is 2.78 bits per heavy atom. The van der Waals surface area contributed by atoms with Gasteiger partial charge < -0.3 is 14.4 Å². The van der Waals surface area contributed by atoms with Crippen LogP contribution in [0.25, 0.3) is 44.1 Å². The molecular weight excluding hydrogens is 338 g/mol. The van der Waals surface area contributed by atoms with Crippen LogP contribution in [-0.4, -0.2) is 31.4 Å². The highest BCUT2D eigenvalue weighted by molar-refractivity contribution is 6.06. The number of fused-ring (bicyclic) bond motifs is 4. The van der Waals surface area contributed by atoms with Gasteiger partial charge in [0.05, 0.1) is 18.3 Å². The molecule has 6 nitrogen and oxygen atoms in total. The molecule has 6 heteroatoms. The van der Waals surface area contributed by atoms with Crippen LogP contribution in [0, 0.1) is 0 Å². The fraction of sp³-hybridized carbons (Fsp3) is 0.238. The number of aromatic amines is 1. The first-order chi connectivity index (χ1) is 13.1. The lowest BCUT2D eigenvalue weighted by atomic mass is 10.1. The van der Waals surface area contributed by atoms with Crippen LogP contribution < -0.4 is 4.74 Å². The van der Waals surface area contributed by atoms with E-state index in [0.29, 0.717) is 6.04 Å². The van der Waals surface area contributed by atoms with Gasteiger partial charge >= 0.3 is 0 Å². The molecule has 0 fully saturated rings. The number of nitrogens with one attached hydrogen (secondary N) is 1. The fourth-order valence-electron chi connectivity index (χ4n) is 3.87. The zero-order chi connectivity index (χ0) is 18.7. The molecule has 0 spiro atoms. The first-order valence-corrected chi connectivity index (χ1v) is 9.05. The van der Waals surface area contributed by atoms with E-state index in [9.17, 15) is 0 Å². The number of nitrogens with zero attached hydrogens (tertiary/aromatic N) is 4. The van der Waals surface area contributed by atoms with E-state index in [2.05, 4.69) is 52.9 Å². The minimum atomic E-state index is 0.353. The van der Waals surface area contributed by atoms with Crippen LogP contribution in [0.5, 0.6) is 5.75 Å². The predicted molar refractivity (Wildman–Crippen MR) is 108 cm³/mol. The molecule has 1 aromatic carbocycles. The van der Waals surface area contributed by atoms with Crippen molar-refractivity contribution in [1.82, 2.24) is 24.3 Å². The van der Waals surface area contributed by atoms with Gasteiger partial charge in [0.25, 0.3) is 0 Å². The maximum atomic E-state index is 5.46. The molecule has 0 atom stereocenters. The number of ether oxygens (including phenoxy) is 1. The second-order valence-corrected chi connectivity index (χ2v) is 7.20. The number of methoxy groups -OCH3 is 1. The number of aromatic nitrogens is 5. The molecule has 4 aromatic heterocycles. The molecule has 0 unspecified atom stereocenters. The minimum Gasteiger partial charge on any atom is -0.497 e. The topological polar surface area (TPSA) is 60.7 Å². The number of hydrogen-bond donors (Lipinski definition) is 1. The summed E-state index contributed by atoms with van der Waals surface area (Å²) in [6.45, 7) is 4.38. The average molecular weight is 359 g/mol. The van der Waals surface area contributed by atoms with Crippen LogP contribution in [0.2, 0.25) is 0 Å². The Morgan fingerprint density at radius 1 is 1.15 bits per heavy atom. The zero-order valence-corrected chi connectivity index (χ0v) is 15.8. The van der Waals surface area contributed by atoms with Gasteiger partial charge in [-0.05, 0) is 38.1 Å². The zero-order valence-electron chi connectivity index (χ0n) is 15.8. The van der Waals surface area contributed by atoms with Crippen LogP contribution in [0.3, 0.4) is 0 Å². The van der Waals surface area contributed by atoms with Crippen molar-refractivity contribution in [3.63, 3.8) is 0 Å². The maximum absolute atomic E-state index is 5.46. The van der Waals surface area contributed by atoms with E-state index in [1.54, 1.807) is 7.11 Å². The van der Waals surface area contributed by atoms with Crippen LogP contribution >= 0.6 is 0 Å². The van der Waals surface area contributed by atoms with Crippen molar-refractivity contribution in [2.45, 2.75) is 19.9 Å². The molecule has 0 aliphatic rings. The lowest BCUT2D eigenvalue weighted by Gasteiger charge is -2.09. The minimum absolute atomic E-state index is 0.353. The lowest BCUT2D eigenvalue weighted by Crippen LogP contribution is -1.97. The van der Waals surface area contributed by atoms with Gasteiger partial charge in [0.2, 0.25) is 0 Å². The highest BCUT2D eigenvalue weighted by Crippen LogP contribution is 2.36. The molecule has 136 valence electrons. The third-order valence-corrected chi connectivity index (χ3v) is 5.22. The van der Waals surface area contributed by atoms with E-state index >= 15 is 0 Å². The summed E-state index contributed by atoms with van der Waals surface area (Å²) in [5.74, 6) is 0.846. The highest BCUT2D eigenvalue weighted by Gasteiger charge is 2.17. The highest BCUT2D eigenvalue weighted by atomic mass is 16.5. The van der Waals surface area contributed by atoms with E-state index in [1.807, 2.05) is 30.2 Å². The maximum Gasteiger partial charge on any atom is 0.162 e. The van der Waals surface area contributed by atoms with Gasteiger partial charge in [-0.3, -0.25) is 4.68 Å². The Balaban J connectivity index is 1.82. The number of rotatable bonds is 3. The second kappa shape index (κ2) is 5.61. The van der Waals surface area contributed by atoms with Crippen LogP contribution in [-0.2, 0) is 7.05 Å². The van der Waals surface area contributed by atoms with Crippen molar-refractivity contribution in [3.8, 4) is 17.0 Å². The van der Waals surface area contributed by atoms with Gasteiger partial charge in [-0.15, -0.1) is 0 Å². The molecule has 4 heterocycles. The van der Waals surface area contributed by atoms with Crippen LogP contribution in [0.4, 0.5) is 0 Å². The van der Waals surface area contributed by atoms with E-state index in [-0.39, 0.29) is 0 Å².